The average Bonchev–Trinajstić information content (AvgIpc) is 3.56. The predicted molar refractivity (Wildman–Crippen MR) is 167 cm³/mol. The normalized spacial score (nSPS) is 16.8. The molecule has 10 heteroatoms. The summed E-state index contributed by atoms with van der Waals surface area (Å²) in [6.45, 7) is 0.640. The highest BCUT2D eigenvalue weighted by Gasteiger charge is 2.30. The number of carbonyl (C=O) groups excluding carboxylic acids is 2. The van der Waals surface area contributed by atoms with E-state index in [0.29, 0.717) is 34.9 Å². The van der Waals surface area contributed by atoms with E-state index in [4.69, 9.17) is 24.7 Å². The molecule has 2 aliphatic heterocycles. The molecule has 2 atom stereocenters. The number of benzene rings is 4. The van der Waals surface area contributed by atoms with Crippen LogP contribution >= 0.6 is 0 Å². The van der Waals surface area contributed by atoms with Gasteiger partial charge in [0, 0.05) is 24.4 Å². The molecule has 0 aromatic heterocycles. The molecule has 2 amide bonds. The molecule has 0 unspecified atom stereocenters. The number of rotatable bonds is 10. The van der Waals surface area contributed by atoms with Gasteiger partial charge in [-0.1, -0.05) is 54.6 Å². The van der Waals surface area contributed by atoms with E-state index in [-0.39, 0.29) is 50.0 Å². The van der Waals surface area contributed by atoms with Crippen molar-refractivity contribution in [3.8, 4) is 11.5 Å². The maximum Gasteiger partial charge on any atom is 0.286 e. The number of aliphatic hydroxyl groups is 1. The molecule has 10 nitrogen and oxygen atoms in total. The standard InChI is InChI=1S/C35H33N3O7/c36-28-3-1-2-4-29(28)38-34(40)25-11-9-22(10-12-25)18-37-35(41)32-16-27(26-13-14-30-31(15-26)44-21-43-30)17-33(45-32)42-20-24-7-5-23(19-39)6-8-24/h1-16,27,33,39H,17-21,36H2,(H,37,41)(H,38,40)/t27-,33+/m1/s1. The molecule has 0 saturated heterocycles. The minimum atomic E-state index is -0.680. The highest BCUT2D eigenvalue weighted by molar-refractivity contribution is 6.05. The van der Waals surface area contributed by atoms with E-state index in [1.807, 2.05) is 42.5 Å². The first-order valence-electron chi connectivity index (χ1n) is 14.6. The van der Waals surface area contributed by atoms with Gasteiger partial charge in [-0.15, -0.1) is 0 Å². The fraction of sp³-hybridized carbons (Fsp3) is 0.200. The zero-order valence-corrected chi connectivity index (χ0v) is 24.4. The summed E-state index contributed by atoms with van der Waals surface area (Å²) >= 11 is 0. The molecule has 0 spiro atoms. The molecule has 5 N–H and O–H groups in total. The van der Waals surface area contributed by atoms with Crippen LogP contribution in [0.3, 0.4) is 0 Å². The Morgan fingerprint density at radius 3 is 2.38 bits per heavy atom. The van der Waals surface area contributed by atoms with Crippen LogP contribution in [0.5, 0.6) is 11.5 Å². The Morgan fingerprint density at radius 1 is 0.867 bits per heavy atom. The van der Waals surface area contributed by atoms with Crippen LogP contribution in [0.25, 0.3) is 0 Å². The number of allylic oxidation sites excluding steroid dienone is 1. The topological polar surface area (TPSA) is 141 Å². The van der Waals surface area contributed by atoms with Crippen LogP contribution in [0.4, 0.5) is 11.4 Å². The second-order valence-corrected chi connectivity index (χ2v) is 10.7. The van der Waals surface area contributed by atoms with Crippen molar-refractivity contribution in [2.24, 2.45) is 0 Å². The van der Waals surface area contributed by atoms with Gasteiger partial charge in [0.25, 0.3) is 11.8 Å². The minimum Gasteiger partial charge on any atom is -0.459 e. The SMILES string of the molecule is Nc1ccccc1NC(=O)c1ccc(CNC(=O)C2=C[C@@H](c3ccc4c(c3)OCO4)C[C@@H](OCc3ccc(CO)cc3)O2)cc1. The van der Waals surface area contributed by atoms with E-state index in [0.717, 1.165) is 22.3 Å². The maximum absolute atomic E-state index is 13.3. The van der Waals surface area contributed by atoms with E-state index in [1.165, 1.54) is 0 Å². The molecule has 2 heterocycles. The number of amides is 2. The molecule has 0 aliphatic carbocycles. The Morgan fingerprint density at radius 2 is 1.60 bits per heavy atom. The van der Waals surface area contributed by atoms with E-state index < -0.39 is 6.29 Å². The quantitative estimate of drug-likeness (QED) is 0.185. The lowest BCUT2D eigenvalue weighted by Gasteiger charge is -2.29. The van der Waals surface area contributed by atoms with E-state index >= 15 is 0 Å². The van der Waals surface area contributed by atoms with E-state index in [2.05, 4.69) is 10.6 Å². The Bertz CT molecular complexity index is 1700. The predicted octanol–water partition coefficient (Wildman–Crippen LogP) is 4.99. The molecule has 0 fully saturated rings. The van der Waals surface area contributed by atoms with Gasteiger partial charge in [-0.3, -0.25) is 9.59 Å². The number of fused-ring (bicyclic) bond motifs is 1. The number of nitrogen functional groups attached to an aromatic ring is 1. The van der Waals surface area contributed by atoms with Gasteiger partial charge in [0.05, 0.1) is 24.6 Å². The van der Waals surface area contributed by atoms with Crippen molar-refractivity contribution in [3.63, 3.8) is 0 Å². The van der Waals surface area contributed by atoms with Gasteiger partial charge in [-0.2, -0.15) is 0 Å². The van der Waals surface area contributed by atoms with Crippen LogP contribution in [-0.4, -0.2) is 30.0 Å². The van der Waals surface area contributed by atoms with Crippen LogP contribution in [0, 0.1) is 0 Å². The molecular formula is C35H33N3O7. The summed E-state index contributed by atoms with van der Waals surface area (Å²) < 4.78 is 23.2. The van der Waals surface area contributed by atoms with Crippen LogP contribution in [-0.2, 0) is 34.0 Å². The molecular weight excluding hydrogens is 574 g/mol. The summed E-state index contributed by atoms with van der Waals surface area (Å²) in [4.78, 5) is 26.0. The summed E-state index contributed by atoms with van der Waals surface area (Å²) in [7, 11) is 0. The average molecular weight is 608 g/mol. The summed E-state index contributed by atoms with van der Waals surface area (Å²) in [5.41, 5.74) is 10.9. The summed E-state index contributed by atoms with van der Waals surface area (Å²) in [5, 5.41) is 15.0. The van der Waals surface area contributed by atoms with Gasteiger partial charge in [0.15, 0.2) is 17.3 Å². The Hall–Kier alpha value is -5.32. The highest BCUT2D eigenvalue weighted by atomic mass is 16.7. The van der Waals surface area contributed by atoms with Crippen molar-refractivity contribution in [1.82, 2.24) is 5.32 Å². The van der Waals surface area contributed by atoms with Crippen LogP contribution < -0.4 is 25.8 Å². The molecule has 230 valence electrons. The maximum atomic E-state index is 13.3. The van der Waals surface area contributed by atoms with Gasteiger partial charge in [0.2, 0.25) is 13.1 Å². The lowest BCUT2D eigenvalue weighted by molar-refractivity contribution is -0.150. The first-order valence-corrected chi connectivity index (χ1v) is 14.6. The van der Waals surface area contributed by atoms with Crippen LogP contribution in [0.2, 0.25) is 0 Å². The lowest BCUT2D eigenvalue weighted by Crippen LogP contribution is -2.32. The third-order valence-corrected chi connectivity index (χ3v) is 7.63. The highest BCUT2D eigenvalue weighted by Crippen LogP contribution is 2.38. The minimum absolute atomic E-state index is 0.0311. The van der Waals surface area contributed by atoms with E-state index in [1.54, 1.807) is 54.6 Å². The van der Waals surface area contributed by atoms with Crippen molar-refractivity contribution < 1.29 is 33.6 Å². The second kappa shape index (κ2) is 13.5. The van der Waals surface area contributed by atoms with Gasteiger partial charge >= 0.3 is 0 Å². The van der Waals surface area contributed by atoms with Crippen molar-refractivity contribution in [2.75, 3.05) is 17.8 Å². The molecule has 0 radical (unpaired) electrons. The lowest BCUT2D eigenvalue weighted by atomic mass is 9.92. The number of carbonyl (C=O) groups is 2. The van der Waals surface area contributed by atoms with Gasteiger partial charge in [-0.05, 0) is 64.7 Å². The first kappa shape index (κ1) is 29.7. The third-order valence-electron chi connectivity index (χ3n) is 7.63. The number of nitrogens with two attached hydrogens (primary N) is 1. The second-order valence-electron chi connectivity index (χ2n) is 10.7. The third kappa shape index (κ3) is 7.26. The molecule has 45 heavy (non-hydrogen) atoms. The summed E-state index contributed by atoms with van der Waals surface area (Å²) in [6.07, 6.45) is 1.61. The number of anilines is 2. The van der Waals surface area contributed by atoms with Crippen molar-refractivity contribution in [1.29, 1.82) is 0 Å². The van der Waals surface area contributed by atoms with Crippen molar-refractivity contribution >= 4 is 23.2 Å². The number of hydrogen-bond acceptors (Lipinski definition) is 8. The number of hydrogen-bond donors (Lipinski definition) is 4. The fourth-order valence-electron chi connectivity index (χ4n) is 5.07. The summed E-state index contributed by atoms with van der Waals surface area (Å²) in [6, 6.07) is 27.2. The molecule has 6 rings (SSSR count). The van der Waals surface area contributed by atoms with Crippen molar-refractivity contribution in [2.45, 2.75) is 38.4 Å². The first-order chi connectivity index (χ1) is 21.9. The monoisotopic (exact) mass is 607 g/mol. The van der Waals surface area contributed by atoms with Gasteiger partial charge < -0.3 is 40.4 Å². The molecule has 2 aliphatic rings. The van der Waals surface area contributed by atoms with Crippen LogP contribution in [0.1, 0.15) is 45.0 Å². The van der Waals surface area contributed by atoms with E-state index in [9.17, 15) is 14.7 Å². The van der Waals surface area contributed by atoms with Gasteiger partial charge in [0.1, 0.15) is 0 Å². The van der Waals surface area contributed by atoms with Gasteiger partial charge in [-0.25, -0.2) is 0 Å². The number of ether oxygens (including phenoxy) is 4. The zero-order valence-electron chi connectivity index (χ0n) is 24.4. The largest absolute Gasteiger partial charge is 0.459 e. The Labute approximate surface area is 260 Å². The molecule has 0 saturated carbocycles. The van der Waals surface area contributed by atoms with Crippen molar-refractivity contribution in [3.05, 3.63) is 131 Å². The Balaban J connectivity index is 1.11. The number of nitrogens with one attached hydrogen (secondary N) is 2. The number of para-hydroxylation sites is 2. The Kier molecular flexibility index (Phi) is 8.95. The molecule has 0 bridgehead atoms. The summed E-state index contributed by atoms with van der Waals surface area (Å²) in [5.74, 6) is 0.647. The van der Waals surface area contributed by atoms with Crippen LogP contribution in [0.15, 0.2) is 103 Å². The molecule has 4 aromatic rings. The smallest absolute Gasteiger partial charge is 0.286 e. The molecule has 4 aromatic carbocycles. The fourth-order valence-corrected chi connectivity index (χ4v) is 5.07. The number of aliphatic hydroxyl groups excluding tert-OH is 1. The zero-order chi connectivity index (χ0) is 31.2.